The Bertz CT molecular complexity index is 608. The Morgan fingerprint density at radius 3 is 2.50 bits per heavy atom. The molecular formula is C26H44O4. The fourth-order valence-corrected chi connectivity index (χ4v) is 9.00. The molecule has 4 fully saturated rings. The summed E-state index contributed by atoms with van der Waals surface area (Å²) in [6.07, 6.45) is 11.2. The Balaban J connectivity index is 1.60. The van der Waals surface area contributed by atoms with Crippen LogP contribution in [-0.2, 0) is 14.3 Å². The molecular weight excluding hydrogens is 376 g/mol. The second kappa shape index (κ2) is 8.73. The Morgan fingerprint density at radius 2 is 1.80 bits per heavy atom. The number of hydrogen-bond donors (Lipinski definition) is 1. The van der Waals surface area contributed by atoms with Crippen LogP contribution in [0.5, 0.6) is 0 Å². The number of ether oxygens (including phenoxy) is 2. The van der Waals surface area contributed by atoms with Crippen LogP contribution in [0.4, 0.5) is 0 Å². The molecule has 0 heterocycles. The Morgan fingerprint density at radius 1 is 1.07 bits per heavy atom. The zero-order valence-corrected chi connectivity index (χ0v) is 19.6. The van der Waals surface area contributed by atoms with Crippen LogP contribution in [0.25, 0.3) is 0 Å². The third kappa shape index (κ3) is 3.54. The van der Waals surface area contributed by atoms with Gasteiger partial charge in [0.1, 0.15) is 6.10 Å². The first-order valence-electron chi connectivity index (χ1n) is 12.7. The van der Waals surface area contributed by atoms with Crippen LogP contribution in [-0.4, -0.2) is 37.0 Å². The van der Waals surface area contributed by atoms with Gasteiger partial charge in [-0.2, -0.15) is 0 Å². The summed E-state index contributed by atoms with van der Waals surface area (Å²) in [5.74, 6) is 4.04. The third-order valence-corrected chi connectivity index (χ3v) is 10.7. The molecule has 172 valence electrons. The van der Waals surface area contributed by atoms with E-state index in [9.17, 15) is 4.79 Å². The van der Waals surface area contributed by atoms with Crippen LogP contribution in [0, 0.1) is 46.3 Å². The van der Waals surface area contributed by atoms with Crippen LogP contribution < -0.4 is 0 Å². The molecule has 4 saturated carbocycles. The molecule has 4 aliphatic carbocycles. The average Bonchev–Trinajstić information content (AvgIpc) is 3.09. The number of aliphatic hydroxyl groups is 1. The van der Waals surface area contributed by atoms with Gasteiger partial charge in [-0.1, -0.05) is 34.1 Å². The van der Waals surface area contributed by atoms with Gasteiger partial charge in [-0.3, -0.25) is 4.79 Å². The van der Waals surface area contributed by atoms with Crippen molar-refractivity contribution in [1.82, 2.24) is 0 Å². The van der Waals surface area contributed by atoms with E-state index in [0.29, 0.717) is 41.1 Å². The molecule has 0 amide bonds. The standard InChI is InChI=1S/C26H44O4/c1-5-17(2)20-6-7-21-24-22(9-11-26(20,21)4)25(3)10-8-19(29-13-12-27)14-18(25)15-23(24)30-16-28/h16-24,27H,5-15H2,1-4H3/t17-,18+,19-,20-,21+,22+,23-,24+,25+,26-/m1/s1. The molecule has 0 radical (unpaired) electrons. The predicted octanol–water partition coefficient (Wildman–Crippen LogP) is 5.22. The van der Waals surface area contributed by atoms with E-state index >= 15 is 0 Å². The van der Waals surface area contributed by atoms with Gasteiger partial charge < -0.3 is 14.6 Å². The molecule has 30 heavy (non-hydrogen) atoms. The van der Waals surface area contributed by atoms with Crippen molar-refractivity contribution in [3.05, 3.63) is 0 Å². The molecule has 10 atom stereocenters. The maximum absolute atomic E-state index is 11.5. The lowest BCUT2D eigenvalue weighted by Gasteiger charge is -2.62. The number of fused-ring (bicyclic) bond motifs is 5. The summed E-state index contributed by atoms with van der Waals surface area (Å²) >= 11 is 0. The van der Waals surface area contributed by atoms with Gasteiger partial charge in [0.15, 0.2) is 0 Å². The summed E-state index contributed by atoms with van der Waals surface area (Å²) in [5.41, 5.74) is 0.744. The van der Waals surface area contributed by atoms with E-state index in [1.54, 1.807) is 0 Å². The maximum Gasteiger partial charge on any atom is 0.293 e. The van der Waals surface area contributed by atoms with Gasteiger partial charge in [-0.05, 0) is 91.8 Å². The Labute approximate surface area is 183 Å². The topological polar surface area (TPSA) is 55.8 Å². The van der Waals surface area contributed by atoms with E-state index in [0.717, 1.165) is 37.6 Å². The number of carbonyl (C=O) groups excluding carboxylic acids is 1. The van der Waals surface area contributed by atoms with Crippen LogP contribution in [0.15, 0.2) is 0 Å². The Kier molecular flexibility index (Phi) is 6.57. The van der Waals surface area contributed by atoms with Gasteiger partial charge in [-0.15, -0.1) is 0 Å². The van der Waals surface area contributed by atoms with E-state index < -0.39 is 0 Å². The first-order chi connectivity index (χ1) is 14.4. The second-order valence-corrected chi connectivity index (χ2v) is 11.6. The smallest absolute Gasteiger partial charge is 0.293 e. The van der Waals surface area contributed by atoms with Gasteiger partial charge >= 0.3 is 0 Å². The minimum absolute atomic E-state index is 0.0717. The van der Waals surface area contributed by atoms with Gasteiger partial charge in [0.05, 0.1) is 19.3 Å². The molecule has 0 aromatic heterocycles. The highest BCUT2D eigenvalue weighted by Crippen LogP contribution is 2.68. The summed E-state index contributed by atoms with van der Waals surface area (Å²) in [4.78, 5) is 11.5. The lowest BCUT2D eigenvalue weighted by Crippen LogP contribution is -2.59. The van der Waals surface area contributed by atoms with Crippen LogP contribution in [0.1, 0.15) is 85.5 Å². The van der Waals surface area contributed by atoms with Gasteiger partial charge in [0.25, 0.3) is 6.47 Å². The molecule has 0 aliphatic heterocycles. The minimum atomic E-state index is 0.0717. The van der Waals surface area contributed by atoms with E-state index in [1.165, 1.54) is 38.5 Å². The highest BCUT2D eigenvalue weighted by molar-refractivity contribution is 5.38. The molecule has 0 saturated heterocycles. The molecule has 4 heteroatoms. The summed E-state index contributed by atoms with van der Waals surface area (Å²) < 4.78 is 11.8. The molecule has 0 aromatic rings. The SMILES string of the molecule is CC[C@@H](C)[C@H]1CC[C@H]2[C@@H]3[C@H](OC=O)C[C@@H]4C[C@H](OCCO)CC[C@]4(C)[C@H]3CC[C@]12C. The van der Waals surface area contributed by atoms with Crippen molar-refractivity contribution >= 4 is 6.47 Å². The lowest BCUT2D eigenvalue weighted by atomic mass is 9.43. The summed E-state index contributed by atoms with van der Waals surface area (Å²) in [7, 11) is 0. The first-order valence-corrected chi connectivity index (χ1v) is 12.7. The Hall–Kier alpha value is -0.610. The second-order valence-electron chi connectivity index (χ2n) is 11.6. The van der Waals surface area contributed by atoms with E-state index in [1.807, 2.05) is 0 Å². The number of carbonyl (C=O) groups is 1. The molecule has 4 rings (SSSR count). The van der Waals surface area contributed by atoms with Gasteiger partial charge in [0, 0.05) is 5.92 Å². The van der Waals surface area contributed by atoms with E-state index in [2.05, 4.69) is 27.7 Å². The zero-order chi connectivity index (χ0) is 21.5. The van der Waals surface area contributed by atoms with Crippen LogP contribution in [0.2, 0.25) is 0 Å². The maximum atomic E-state index is 11.5. The van der Waals surface area contributed by atoms with Crippen molar-refractivity contribution in [3.63, 3.8) is 0 Å². The highest BCUT2D eigenvalue weighted by Gasteiger charge is 2.63. The van der Waals surface area contributed by atoms with Crippen molar-refractivity contribution < 1.29 is 19.4 Å². The van der Waals surface area contributed by atoms with Crippen molar-refractivity contribution in [1.29, 1.82) is 0 Å². The molecule has 0 unspecified atom stereocenters. The normalized spacial score (nSPS) is 48.9. The summed E-state index contributed by atoms with van der Waals surface area (Å²) in [5, 5.41) is 9.15. The number of rotatable bonds is 7. The summed E-state index contributed by atoms with van der Waals surface area (Å²) in [6, 6.07) is 0. The monoisotopic (exact) mass is 420 g/mol. The fourth-order valence-electron chi connectivity index (χ4n) is 9.00. The quantitative estimate of drug-likeness (QED) is 0.574. The molecule has 4 aliphatic rings. The van der Waals surface area contributed by atoms with Gasteiger partial charge in [-0.25, -0.2) is 0 Å². The first kappa shape index (κ1) is 22.6. The van der Waals surface area contributed by atoms with E-state index in [4.69, 9.17) is 14.6 Å². The molecule has 4 nitrogen and oxygen atoms in total. The lowest BCUT2D eigenvalue weighted by molar-refractivity contribution is -0.190. The predicted molar refractivity (Wildman–Crippen MR) is 118 cm³/mol. The zero-order valence-electron chi connectivity index (χ0n) is 19.6. The largest absolute Gasteiger partial charge is 0.464 e. The van der Waals surface area contributed by atoms with Crippen LogP contribution >= 0.6 is 0 Å². The number of aliphatic hydroxyl groups excluding tert-OH is 1. The van der Waals surface area contributed by atoms with E-state index in [-0.39, 0.29) is 18.8 Å². The summed E-state index contributed by atoms with van der Waals surface area (Å²) in [6.45, 7) is 11.2. The molecule has 0 aromatic carbocycles. The van der Waals surface area contributed by atoms with Crippen molar-refractivity contribution in [3.8, 4) is 0 Å². The molecule has 0 bridgehead atoms. The van der Waals surface area contributed by atoms with Crippen molar-refractivity contribution in [2.75, 3.05) is 13.2 Å². The third-order valence-electron chi connectivity index (χ3n) is 10.7. The molecule has 0 spiro atoms. The number of hydrogen-bond acceptors (Lipinski definition) is 4. The highest BCUT2D eigenvalue weighted by atomic mass is 16.5. The van der Waals surface area contributed by atoms with Crippen LogP contribution in [0.3, 0.4) is 0 Å². The van der Waals surface area contributed by atoms with Crippen molar-refractivity contribution in [2.45, 2.75) is 97.7 Å². The molecule has 1 N–H and O–H groups in total. The van der Waals surface area contributed by atoms with Gasteiger partial charge in [0.2, 0.25) is 0 Å². The fraction of sp³-hybridized carbons (Fsp3) is 0.962. The average molecular weight is 421 g/mol. The van der Waals surface area contributed by atoms with Crippen molar-refractivity contribution in [2.24, 2.45) is 46.3 Å². The minimum Gasteiger partial charge on any atom is -0.464 e.